The van der Waals surface area contributed by atoms with Crippen molar-refractivity contribution in [1.82, 2.24) is 9.80 Å². The summed E-state index contributed by atoms with van der Waals surface area (Å²) in [6.45, 7) is 4.36. The zero-order valence-corrected chi connectivity index (χ0v) is 26.2. The molecule has 1 aliphatic heterocycles. The number of Topliss-reactive ketones (excluding diaryl/α,β-unsaturated/α-hetero) is 4. The van der Waals surface area contributed by atoms with Crippen LogP contribution in [0.15, 0.2) is 30.3 Å². The highest BCUT2D eigenvalue weighted by molar-refractivity contribution is 6.32. The van der Waals surface area contributed by atoms with E-state index in [-0.39, 0.29) is 5.56 Å². The summed E-state index contributed by atoms with van der Waals surface area (Å²) < 4.78 is 5.60. The number of carbonyl (C=O) groups is 5. The van der Waals surface area contributed by atoms with E-state index >= 15 is 0 Å². The molecule has 3 aliphatic carbocycles. The number of benzene rings is 2. The number of rotatable bonds is 6. The summed E-state index contributed by atoms with van der Waals surface area (Å²) in [5.74, 6) is -13.1. The number of likely N-dealkylation sites (N-methyl/N-ethyl adjacent to an activating group) is 1. The number of ether oxygens (including phenoxy) is 1. The van der Waals surface area contributed by atoms with Crippen LogP contribution in [0.25, 0.3) is 11.1 Å². The number of aliphatic hydroxyl groups excluding tert-OH is 1. The largest absolute Gasteiger partial charge is 0.507 e. The minimum absolute atomic E-state index is 0.157. The van der Waals surface area contributed by atoms with Crippen molar-refractivity contribution in [2.75, 3.05) is 34.3 Å². The number of phenols is 1. The molecule has 0 spiro atoms. The first kappa shape index (κ1) is 32.0. The van der Waals surface area contributed by atoms with Gasteiger partial charge < -0.3 is 25.8 Å². The van der Waals surface area contributed by atoms with Gasteiger partial charge in [0, 0.05) is 23.6 Å². The average molecular weight is 634 g/mol. The molecule has 1 amide bonds. The Morgan fingerprint density at radius 3 is 2.35 bits per heavy atom. The quantitative estimate of drug-likeness (QED) is 0.328. The molecule has 0 aromatic heterocycles. The predicted molar refractivity (Wildman–Crippen MR) is 164 cm³/mol. The molecule has 1 heterocycles. The molecule has 6 rings (SSSR count). The maximum atomic E-state index is 14.3. The third-order valence-electron chi connectivity index (χ3n) is 10.6. The Bertz CT molecular complexity index is 1670. The van der Waals surface area contributed by atoms with Crippen LogP contribution >= 0.6 is 0 Å². The highest BCUT2D eigenvalue weighted by Gasteiger charge is 2.72. The van der Waals surface area contributed by atoms with Crippen LogP contribution in [0.2, 0.25) is 0 Å². The number of nitrogens with zero attached hydrogens (tertiary/aromatic N) is 2. The summed E-state index contributed by atoms with van der Waals surface area (Å²) in [5.41, 5.74) is 4.38. The first-order valence-electron chi connectivity index (χ1n) is 15.5. The van der Waals surface area contributed by atoms with Gasteiger partial charge in [0.15, 0.2) is 34.7 Å². The Hall–Kier alpha value is -3.97. The molecule has 5 N–H and O–H groups in total. The van der Waals surface area contributed by atoms with Crippen LogP contribution in [0.3, 0.4) is 0 Å². The Morgan fingerprint density at radius 2 is 1.74 bits per heavy atom. The van der Waals surface area contributed by atoms with E-state index in [2.05, 4.69) is 4.90 Å². The number of methoxy groups -OCH3 is 1. The second-order valence-electron chi connectivity index (χ2n) is 13.3. The van der Waals surface area contributed by atoms with Crippen molar-refractivity contribution in [3.8, 4) is 22.6 Å². The number of primary amides is 1. The van der Waals surface area contributed by atoms with Crippen LogP contribution in [0.4, 0.5) is 0 Å². The minimum atomic E-state index is -3.05. The molecule has 3 fully saturated rings. The third kappa shape index (κ3) is 4.45. The number of hydrogen-bond donors (Lipinski definition) is 4. The van der Waals surface area contributed by atoms with E-state index in [0.29, 0.717) is 29.0 Å². The molecule has 1 saturated heterocycles. The van der Waals surface area contributed by atoms with Crippen molar-refractivity contribution < 1.29 is 44.0 Å². The second-order valence-corrected chi connectivity index (χ2v) is 13.3. The Kier molecular flexibility index (Phi) is 7.91. The van der Waals surface area contributed by atoms with Gasteiger partial charge in [-0.05, 0) is 69.2 Å². The van der Waals surface area contributed by atoms with Gasteiger partial charge >= 0.3 is 0 Å². The summed E-state index contributed by atoms with van der Waals surface area (Å²) >= 11 is 0. The van der Waals surface area contributed by atoms with E-state index in [9.17, 15) is 39.3 Å². The predicted octanol–water partition coefficient (Wildman–Crippen LogP) is 0.670. The molecule has 12 heteroatoms. The molecule has 2 saturated carbocycles. The Labute approximate surface area is 266 Å². The van der Waals surface area contributed by atoms with Crippen molar-refractivity contribution in [2.45, 2.75) is 50.0 Å². The topological polar surface area (TPSA) is 188 Å². The van der Waals surface area contributed by atoms with Crippen molar-refractivity contribution in [2.24, 2.45) is 29.4 Å². The van der Waals surface area contributed by atoms with Crippen LogP contribution < -0.4 is 10.5 Å². The Balaban J connectivity index is 1.47. The number of amides is 1. The Morgan fingerprint density at radius 1 is 1.07 bits per heavy atom. The van der Waals surface area contributed by atoms with E-state index in [0.717, 1.165) is 31.5 Å². The molecule has 2 aromatic carbocycles. The lowest BCUT2D eigenvalue weighted by Crippen LogP contribution is -2.77. The van der Waals surface area contributed by atoms with Gasteiger partial charge in [0.1, 0.15) is 11.5 Å². The first-order valence-corrected chi connectivity index (χ1v) is 15.5. The van der Waals surface area contributed by atoms with Gasteiger partial charge in [-0.25, -0.2) is 0 Å². The second kappa shape index (κ2) is 11.4. The third-order valence-corrected chi connectivity index (χ3v) is 10.6. The summed E-state index contributed by atoms with van der Waals surface area (Å²) in [4.78, 5) is 71.4. The van der Waals surface area contributed by atoms with E-state index in [1.807, 2.05) is 12.1 Å². The fraction of sp³-hybridized carbons (Fsp3) is 0.500. The monoisotopic (exact) mass is 633 g/mol. The van der Waals surface area contributed by atoms with Crippen LogP contribution in [0.1, 0.15) is 47.2 Å². The van der Waals surface area contributed by atoms with E-state index in [4.69, 9.17) is 10.5 Å². The average Bonchev–Trinajstić information content (AvgIpc) is 3.51. The summed E-state index contributed by atoms with van der Waals surface area (Å²) in [6, 6.07) is 7.54. The van der Waals surface area contributed by atoms with Crippen LogP contribution in [-0.2, 0) is 25.7 Å². The maximum Gasteiger partial charge on any atom is 0.235 e. The zero-order valence-electron chi connectivity index (χ0n) is 26.2. The fourth-order valence-electron chi connectivity index (χ4n) is 8.47. The molecule has 0 radical (unpaired) electrons. The summed E-state index contributed by atoms with van der Waals surface area (Å²) in [6.07, 6.45) is 0.570. The molecule has 0 bridgehead atoms. The van der Waals surface area contributed by atoms with Crippen molar-refractivity contribution in [1.29, 1.82) is 0 Å². The number of ketones is 4. The molecule has 46 heavy (non-hydrogen) atoms. The number of aliphatic hydroxyl groups is 2. The lowest BCUT2D eigenvalue weighted by molar-refractivity contribution is -0.196. The van der Waals surface area contributed by atoms with E-state index in [1.54, 1.807) is 25.1 Å². The van der Waals surface area contributed by atoms with E-state index in [1.165, 1.54) is 26.1 Å². The smallest absolute Gasteiger partial charge is 0.235 e. The zero-order chi connectivity index (χ0) is 33.4. The molecular weight excluding hydrogens is 594 g/mol. The van der Waals surface area contributed by atoms with Gasteiger partial charge in [-0.2, -0.15) is 0 Å². The fourth-order valence-corrected chi connectivity index (χ4v) is 8.47. The number of phenolic OH excluding ortho intramolecular Hbond substituents is 1. The van der Waals surface area contributed by atoms with Gasteiger partial charge in [0.05, 0.1) is 36.7 Å². The molecule has 2 unspecified atom stereocenters. The van der Waals surface area contributed by atoms with Gasteiger partial charge in [-0.3, -0.25) is 33.8 Å². The molecule has 12 nitrogen and oxygen atoms in total. The van der Waals surface area contributed by atoms with Crippen LogP contribution in [0, 0.1) is 23.7 Å². The van der Waals surface area contributed by atoms with Crippen LogP contribution in [0.5, 0.6) is 11.5 Å². The molecular formula is C34H39N3O9. The van der Waals surface area contributed by atoms with Gasteiger partial charge in [0.2, 0.25) is 5.91 Å². The lowest BCUT2D eigenvalue weighted by Gasteiger charge is -2.56. The van der Waals surface area contributed by atoms with E-state index < -0.39 is 82.1 Å². The SMILES string of the molecule is COc1ccc(CN2CCCC2)cc1-c1ccc2c(c1O)C(=O)C1C(=O)[C@]3(O)C(=O)C(C(N)=O)C(=O)[C@@H](N(C)C)[C@@H]3[C@@H](O)[C@@H]1[C@H]2C. The normalized spacial score (nSPS) is 32.7. The highest BCUT2D eigenvalue weighted by atomic mass is 16.5. The number of fused-ring (bicyclic) bond motifs is 3. The van der Waals surface area contributed by atoms with Gasteiger partial charge in [0.25, 0.3) is 0 Å². The van der Waals surface area contributed by atoms with Crippen molar-refractivity contribution in [3.63, 3.8) is 0 Å². The summed E-state index contributed by atoms with van der Waals surface area (Å²) in [7, 11) is 4.41. The van der Waals surface area contributed by atoms with Gasteiger partial charge in [-0.15, -0.1) is 0 Å². The number of nitrogens with two attached hydrogens (primary N) is 1. The number of hydrogen-bond acceptors (Lipinski definition) is 11. The van der Waals surface area contributed by atoms with Crippen molar-refractivity contribution in [3.05, 3.63) is 47.0 Å². The summed E-state index contributed by atoms with van der Waals surface area (Å²) in [5, 5.41) is 35.4. The first-order chi connectivity index (χ1) is 21.7. The van der Waals surface area contributed by atoms with Crippen molar-refractivity contribution >= 4 is 29.0 Å². The number of aromatic hydroxyl groups is 1. The van der Waals surface area contributed by atoms with Crippen LogP contribution in [-0.4, -0.2) is 106 Å². The lowest BCUT2D eigenvalue weighted by atomic mass is 9.49. The standard InChI is InChI=1S/C34H39N3O9/c1-15-17-8-9-18(19-13-16(7-10-20(19)46-4)14-37-11-5-6-12-37)27(38)22(17)28(39)23-21(15)29(40)25-26(36(2)3)30(41)24(33(35)44)32(43)34(25,45)31(23)42/h7-10,13,15,21,23-26,29,38,40,45H,5-6,11-12,14H2,1-4H3,(H2,35,44)/t15-,21+,23?,24?,25+,26-,29-,34-/m0/s1. The molecule has 4 aliphatic rings. The van der Waals surface area contributed by atoms with Gasteiger partial charge in [-0.1, -0.05) is 25.1 Å². The molecule has 244 valence electrons. The molecule has 2 aromatic rings. The molecule has 8 atom stereocenters. The number of likely N-dealkylation sites (tertiary alicyclic amines) is 1. The highest BCUT2D eigenvalue weighted by Crippen LogP contribution is 2.55. The number of carbonyl (C=O) groups excluding carboxylic acids is 5. The maximum absolute atomic E-state index is 14.3. The minimum Gasteiger partial charge on any atom is -0.507 e.